The number of fused-ring (bicyclic) bond motifs is 1. The minimum absolute atomic E-state index is 0.0116. The van der Waals surface area contributed by atoms with Gasteiger partial charge in [-0.2, -0.15) is 0 Å². The molecular formula is C15H7Br2ClO. The summed E-state index contributed by atoms with van der Waals surface area (Å²) in [5, 5.41) is 0.654. The number of rotatable bonds is 1. The van der Waals surface area contributed by atoms with Crippen LogP contribution in [0.2, 0.25) is 5.02 Å². The monoisotopic (exact) mass is 396 g/mol. The van der Waals surface area contributed by atoms with E-state index in [0.717, 1.165) is 21.2 Å². The first-order valence-corrected chi connectivity index (χ1v) is 7.54. The average molecular weight is 398 g/mol. The van der Waals surface area contributed by atoms with Gasteiger partial charge in [-0.3, -0.25) is 4.79 Å². The predicted molar refractivity (Wildman–Crippen MR) is 84.9 cm³/mol. The second-order valence-electron chi connectivity index (χ2n) is 4.22. The highest BCUT2D eigenvalue weighted by molar-refractivity contribution is 9.12. The van der Waals surface area contributed by atoms with Gasteiger partial charge in [0.05, 0.1) is 4.48 Å². The first-order chi connectivity index (χ1) is 9.08. The summed E-state index contributed by atoms with van der Waals surface area (Å²) in [7, 11) is 0. The number of halogens is 3. The number of hydrogen-bond acceptors (Lipinski definition) is 1. The highest BCUT2D eigenvalue weighted by atomic mass is 79.9. The Hall–Kier alpha value is -0.900. The molecule has 94 valence electrons. The minimum atomic E-state index is 0.0116. The maximum Gasteiger partial charge on any atom is 0.201 e. The molecule has 0 unspecified atom stereocenters. The van der Waals surface area contributed by atoms with Crippen molar-refractivity contribution in [1.82, 2.24) is 0 Å². The molecule has 0 atom stereocenters. The summed E-state index contributed by atoms with van der Waals surface area (Å²) in [6.07, 6.45) is 0. The molecule has 0 bridgehead atoms. The average Bonchev–Trinajstić information content (AvgIpc) is 2.61. The molecule has 0 saturated heterocycles. The van der Waals surface area contributed by atoms with Gasteiger partial charge in [0.2, 0.25) is 5.78 Å². The van der Waals surface area contributed by atoms with Gasteiger partial charge < -0.3 is 0 Å². The molecule has 19 heavy (non-hydrogen) atoms. The van der Waals surface area contributed by atoms with Gasteiger partial charge in [0, 0.05) is 20.6 Å². The van der Waals surface area contributed by atoms with E-state index >= 15 is 0 Å². The number of ketones is 1. The van der Waals surface area contributed by atoms with Gasteiger partial charge in [-0.05, 0) is 57.4 Å². The molecule has 2 aromatic carbocycles. The van der Waals surface area contributed by atoms with Crippen LogP contribution in [0.1, 0.15) is 21.5 Å². The molecule has 0 radical (unpaired) electrons. The molecule has 0 amide bonds. The number of allylic oxidation sites excluding steroid dienone is 1. The molecule has 1 aliphatic carbocycles. The van der Waals surface area contributed by atoms with Gasteiger partial charge in [0.25, 0.3) is 0 Å². The summed E-state index contributed by atoms with van der Waals surface area (Å²) >= 11 is 12.9. The molecular weight excluding hydrogens is 391 g/mol. The fourth-order valence-corrected chi connectivity index (χ4v) is 3.40. The van der Waals surface area contributed by atoms with E-state index in [-0.39, 0.29) is 5.78 Å². The standard InChI is InChI=1S/C15H7Br2ClO/c16-9-4-5-11-12(7-9)13(14(17)15(11)19)8-2-1-3-10(18)6-8/h1-7H. The van der Waals surface area contributed by atoms with Crippen molar-refractivity contribution in [2.45, 2.75) is 0 Å². The molecule has 0 spiro atoms. The lowest BCUT2D eigenvalue weighted by Gasteiger charge is -2.06. The Morgan fingerprint density at radius 1 is 0.947 bits per heavy atom. The Bertz CT molecular complexity index is 735. The summed E-state index contributed by atoms with van der Waals surface area (Å²) in [6.45, 7) is 0. The summed E-state index contributed by atoms with van der Waals surface area (Å²) in [6, 6.07) is 13.2. The third-order valence-electron chi connectivity index (χ3n) is 3.03. The summed E-state index contributed by atoms with van der Waals surface area (Å²) in [5.41, 5.74) is 3.46. The molecule has 0 fully saturated rings. The van der Waals surface area contributed by atoms with Crippen LogP contribution in [0.25, 0.3) is 5.57 Å². The zero-order valence-corrected chi connectivity index (χ0v) is 13.5. The molecule has 0 saturated carbocycles. The minimum Gasteiger partial charge on any atom is -0.288 e. The van der Waals surface area contributed by atoms with Crippen LogP contribution in [0.5, 0.6) is 0 Å². The fourth-order valence-electron chi connectivity index (χ4n) is 2.20. The zero-order chi connectivity index (χ0) is 13.6. The lowest BCUT2D eigenvalue weighted by atomic mass is 9.99. The second kappa shape index (κ2) is 4.89. The highest BCUT2D eigenvalue weighted by Gasteiger charge is 2.28. The molecule has 0 aliphatic heterocycles. The quantitative estimate of drug-likeness (QED) is 0.624. The number of benzene rings is 2. The van der Waals surface area contributed by atoms with Gasteiger partial charge in [-0.15, -0.1) is 0 Å². The predicted octanol–water partition coefficient (Wildman–Crippen LogP) is 5.45. The molecule has 0 N–H and O–H groups in total. The van der Waals surface area contributed by atoms with E-state index in [4.69, 9.17) is 11.6 Å². The maximum atomic E-state index is 12.2. The van der Waals surface area contributed by atoms with Crippen LogP contribution in [-0.4, -0.2) is 5.78 Å². The Morgan fingerprint density at radius 2 is 1.74 bits per heavy atom. The third kappa shape index (κ3) is 2.20. The third-order valence-corrected chi connectivity index (χ3v) is 4.51. The van der Waals surface area contributed by atoms with Crippen molar-refractivity contribution in [3.63, 3.8) is 0 Å². The van der Waals surface area contributed by atoms with Crippen molar-refractivity contribution >= 4 is 54.8 Å². The largest absolute Gasteiger partial charge is 0.288 e. The lowest BCUT2D eigenvalue weighted by molar-refractivity contribution is 0.104. The van der Waals surface area contributed by atoms with E-state index in [1.807, 2.05) is 42.5 Å². The number of carbonyl (C=O) groups excluding carboxylic acids is 1. The summed E-state index contributed by atoms with van der Waals surface area (Å²) in [4.78, 5) is 12.2. The Kier molecular flexibility index (Phi) is 3.37. The van der Waals surface area contributed by atoms with Crippen LogP contribution in [0, 0.1) is 0 Å². The van der Waals surface area contributed by atoms with E-state index in [9.17, 15) is 4.79 Å². The molecule has 1 aliphatic rings. The van der Waals surface area contributed by atoms with Crippen molar-refractivity contribution in [3.05, 3.63) is 73.1 Å². The molecule has 0 heterocycles. The Morgan fingerprint density at radius 3 is 2.47 bits per heavy atom. The molecule has 3 rings (SSSR count). The smallest absolute Gasteiger partial charge is 0.201 e. The molecule has 1 nitrogen and oxygen atoms in total. The van der Waals surface area contributed by atoms with Crippen molar-refractivity contribution in [2.75, 3.05) is 0 Å². The van der Waals surface area contributed by atoms with Crippen LogP contribution < -0.4 is 0 Å². The lowest BCUT2D eigenvalue weighted by Crippen LogP contribution is -1.93. The van der Waals surface area contributed by atoms with Gasteiger partial charge in [0.1, 0.15) is 0 Å². The molecule has 2 aromatic rings. The van der Waals surface area contributed by atoms with Gasteiger partial charge in [-0.1, -0.05) is 39.7 Å². The van der Waals surface area contributed by atoms with Gasteiger partial charge in [-0.25, -0.2) is 0 Å². The van der Waals surface area contributed by atoms with Gasteiger partial charge in [0.15, 0.2) is 0 Å². The number of carbonyl (C=O) groups is 1. The Balaban J connectivity index is 2.27. The normalized spacial score (nSPS) is 13.9. The van der Waals surface area contributed by atoms with Crippen LogP contribution in [0.15, 0.2) is 51.4 Å². The fraction of sp³-hybridized carbons (Fsp3) is 0. The molecule has 4 heteroatoms. The van der Waals surface area contributed by atoms with Crippen LogP contribution >= 0.6 is 43.5 Å². The summed E-state index contributed by atoms with van der Waals surface area (Å²) in [5.74, 6) is 0.0116. The first kappa shape index (κ1) is 13.1. The zero-order valence-electron chi connectivity index (χ0n) is 9.58. The van der Waals surface area contributed by atoms with Crippen LogP contribution in [0.4, 0.5) is 0 Å². The summed E-state index contributed by atoms with van der Waals surface area (Å²) < 4.78 is 1.53. The SMILES string of the molecule is O=C1C(Br)=C(c2cccc(Cl)c2)c2cc(Br)ccc21. The van der Waals surface area contributed by atoms with E-state index in [1.54, 1.807) is 0 Å². The molecule has 0 aromatic heterocycles. The van der Waals surface area contributed by atoms with Crippen molar-refractivity contribution < 1.29 is 4.79 Å². The van der Waals surface area contributed by atoms with Crippen LogP contribution in [0.3, 0.4) is 0 Å². The van der Waals surface area contributed by atoms with E-state index in [2.05, 4.69) is 31.9 Å². The second-order valence-corrected chi connectivity index (χ2v) is 6.36. The Labute approximate surface area is 132 Å². The van der Waals surface area contributed by atoms with Crippen molar-refractivity contribution in [2.24, 2.45) is 0 Å². The van der Waals surface area contributed by atoms with Crippen LogP contribution in [-0.2, 0) is 0 Å². The van der Waals surface area contributed by atoms with E-state index in [0.29, 0.717) is 15.1 Å². The number of Topliss-reactive ketones (excluding diaryl/α,β-unsaturated/α-hetero) is 1. The number of hydrogen-bond donors (Lipinski definition) is 0. The van der Waals surface area contributed by atoms with E-state index in [1.165, 1.54) is 0 Å². The van der Waals surface area contributed by atoms with Crippen molar-refractivity contribution in [3.8, 4) is 0 Å². The van der Waals surface area contributed by atoms with E-state index < -0.39 is 0 Å². The highest BCUT2D eigenvalue weighted by Crippen LogP contribution is 2.41. The topological polar surface area (TPSA) is 17.1 Å². The maximum absolute atomic E-state index is 12.2. The first-order valence-electron chi connectivity index (χ1n) is 5.58. The van der Waals surface area contributed by atoms with Gasteiger partial charge >= 0.3 is 0 Å². The van der Waals surface area contributed by atoms with Crippen molar-refractivity contribution in [1.29, 1.82) is 0 Å².